The SMILES string of the molecule is O=C(Nc1cccc(CCCO)c1)C1CCC1. The summed E-state index contributed by atoms with van der Waals surface area (Å²) in [6.07, 6.45) is 4.84. The smallest absolute Gasteiger partial charge is 0.227 e. The number of aliphatic hydroxyl groups is 1. The molecular formula is C14H19NO2. The standard InChI is InChI=1S/C14H19NO2/c16-9-3-5-11-4-1-8-13(10-11)15-14(17)12-6-2-7-12/h1,4,8,10,12,16H,2-3,5-7,9H2,(H,15,17). The molecule has 92 valence electrons. The second-order valence-electron chi connectivity index (χ2n) is 4.64. The highest BCUT2D eigenvalue weighted by Gasteiger charge is 2.24. The largest absolute Gasteiger partial charge is 0.396 e. The maximum absolute atomic E-state index is 11.8. The Morgan fingerprint density at radius 3 is 2.88 bits per heavy atom. The summed E-state index contributed by atoms with van der Waals surface area (Å²) in [7, 11) is 0. The highest BCUT2D eigenvalue weighted by atomic mass is 16.2. The Morgan fingerprint density at radius 1 is 1.41 bits per heavy atom. The summed E-state index contributed by atoms with van der Waals surface area (Å²) >= 11 is 0. The van der Waals surface area contributed by atoms with Crippen molar-refractivity contribution in [1.29, 1.82) is 0 Å². The topological polar surface area (TPSA) is 49.3 Å². The Bertz CT molecular complexity index is 386. The number of carbonyl (C=O) groups is 1. The third kappa shape index (κ3) is 3.30. The van der Waals surface area contributed by atoms with E-state index in [2.05, 4.69) is 5.32 Å². The maximum Gasteiger partial charge on any atom is 0.227 e. The molecular weight excluding hydrogens is 214 g/mol. The first-order valence-corrected chi connectivity index (χ1v) is 6.30. The van der Waals surface area contributed by atoms with E-state index in [4.69, 9.17) is 5.11 Å². The molecule has 0 saturated heterocycles. The minimum Gasteiger partial charge on any atom is -0.396 e. The molecule has 1 amide bonds. The van der Waals surface area contributed by atoms with Crippen LogP contribution in [0.2, 0.25) is 0 Å². The van der Waals surface area contributed by atoms with E-state index in [1.165, 1.54) is 6.42 Å². The van der Waals surface area contributed by atoms with E-state index in [0.29, 0.717) is 0 Å². The van der Waals surface area contributed by atoms with Gasteiger partial charge in [-0.2, -0.15) is 0 Å². The Labute approximate surface area is 102 Å². The molecule has 2 rings (SSSR count). The molecule has 0 aromatic heterocycles. The van der Waals surface area contributed by atoms with Crippen molar-refractivity contribution in [3.63, 3.8) is 0 Å². The van der Waals surface area contributed by atoms with E-state index in [-0.39, 0.29) is 18.4 Å². The number of nitrogens with one attached hydrogen (secondary N) is 1. The fraction of sp³-hybridized carbons (Fsp3) is 0.500. The van der Waals surface area contributed by atoms with E-state index >= 15 is 0 Å². The highest BCUT2D eigenvalue weighted by Crippen LogP contribution is 2.27. The van der Waals surface area contributed by atoms with Gasteiger partial charge in [-0.15, -0.1) is 0 Å². The Kier molecular flexibility index (Phi) is 4.15. The van der Waals surface area contributed by atoms with E-state index in [1.807, 2.05) is 24.3 Å². The van der Waals surface area contributed by atoms with E-state index in [0.717, 1.165) is 36.9 Å². The van der Waals surface area contributed by atoms with Crippen molar-refractivity contribution in [1.82, 2.24) is 0 Å². The Hall–Kier alpha value is -1.35. The fourth-order valence-electron chi connectivity index (χ4n) is 2.00. The van der Waals surface area contributed by atoms with Crippen LogP contribution in [-0.2, 0) is 11.2 Å². The molecule has 0 heterocycles. The van der Waals surface area contributed by atoms with Gasteiger partial charge in [-0.1, -0.05) is 18.6 Å². The summed E-state index contributed by atoms with van der Waals surface area (Å²) < 4.78 is 0. The van der Waals surface area contributed by atoms with Crippen molar-refractivity contribution in [3.8, 4) is 0 Å². The van der Waals surface area contributed by atoms with Gasteiger partial charge in [0.25, 0.3) is 0 Å². The summed E-state index contributed by atoms with van der Waals surface area (Å²) in [5.41, 5.74) is 2.03. The number of carbonyl (C=O) groups excluding carboxylic acids is 1. The van der Waals surface area contributed by atoms with Gasteiger partial charge < -0.3 is 10.4 Å². The zero-order valence-electron chi connectivity index (χ0n) is 9.98. The molecule has 0 radical (unpaired) electrons. The van der Waals surface area contributed by atoms with Crippen LogP contribution in [0.1, 0.15) is 31.2 Å². The van der Waals surface area contributed by atoms with E-state index < -0.39 is 0 Å². The first-order chi connectivity index (χ1) is 8.29. The number of aryl methyl sites for hydroxylation is 1. The van der Waals surface area contributed by atoms with Crippen LogP contribution in [0.5, 0.6) is 0 Å². The van der Waals surface area contributed by atoms with Crippen LogP contribution in [0.4, 0.5) is 5.69 Å². The van der Waals surface area contributed by atoms with Gasteiger partial charge in [0, 0.05) is 18.2 Å². The summed E-state index contributed by atoms with van der Waals surface area (Å²) in [6, 6.07) is 7.88. The third-order valence-corrected chi connectivity index (χ3v) is 3.29. The molecule has 1 aliphatic rings. The highest BCUT2D eigenvalue weighted by molar-refractivity contribution is 5.93. The lowest BCUT2D eigenvalue weighted by Gasteiger charge is -2.24. The van der Waals surface area contributed by atoms with Crippen molar-refractivity contribution >= 4 is 11.6 Å². The van der Waals surface area contributed by atoms with Crippen molar-refractivity contribution in [2.45, 2.75) is 32.1 Å². The van der Waals surface area contributed by atoms with Gasteiger partial charge in [0.1, 0.15) is 0 Å². The zero-order valence-corrected chi connectivity index (χ0v) is 9.98. The lowest BCUT2D eigenvalue weighted by Crippen LogP contribution is -2.28. The van der Waals surface area contributed by atoms with Gasteiger partial charge in [-0.25, -0.2) is 0 Å². The molecule has 2 N–H and O–H groups in total. The first-order valence-electron chi connectivity index (χ1n) is 6.30. The maximum atomic E-state index is 11.8. The summed E-state index contributed by atoms with van der Waals surface area (Å²) in [5, 5.41) is 11.7. The zero-order chi connectivity index (χ0) is 12.1. The van der Waals surface area contributed by atoms with Crippen molar-refractivity contribution < 1.29 is 9.90 Å². The molecule has 1 aromatic rings. The molecule has 1 saturated carbocycles. The number of hydrogen-bond donors (Lipinski definition) is 2. The Balaban J connectivity index is 1.93. The molecule has 17 heavy (non-hydrogen) atoms. The van der Waals surface area contributed by atoms with Gasteiger partial charge >= 0.3 is 0 Å². The normalized spacial score (nSPS) is 15.4. The van der Waals surface area contributed by atoms with Gasteiger partial charge in [0.15, 0.2) is 0 Å². The number of rotatable bonds is 5. The van der Waals surface area contributed by atoms with Crippen molar-refractivity contribution in [2.75, 3.05) is 11.9 Å². The lowest BCUT2D eigenvalue weighted by molar-refractivity contribution is -0.122. The molecule has 0 bridgehead atoms. The summed E-state index contributed by atoms with van der Waals surface area (Å²) in [6.45, 7) is 0.207. The number of aliphatic hydroxyl groups excluding tert-OH is 1. The molecule has 1 aromatic carbocycles. The molecule has 0 unspecified atom stereocenters. The van der Waals surface area contributed by atoms with Crippen molar-refractivity contribution in [2.24, 2.45) is 5.92 Å². The molecule has 3 heteroatoms. The predicted molar refractivity (Wildman–Crippen MR) is 67.8 cm³/mol. The average Bonchev–Trinajstić information content (AvgIpc) is 2.24. The van der Waals surface area contributed by atoms with Gasteiger partial charge in [-0.05, 0) is 43.4 Å². The first kappa shape index (κ1) is 12.1. The lowest BCUT2D eigenvalue weighted by atomic mass is 9.85. The van der Waals surface area contributed by atoms with Crippen LogP contribution < -0.4 is 5.32 Å². The Morgan fingerprint density at radius 2 is 2.24 bits per heavy atom. The van der Waals surface area contributed by atoms with Crippen LogP contribution in [0.15, 0.2) is 24.3 Å². The minimum atomic E-state index is 0.149. The van der Waals surface area contributed by atoms with Crippen LogP contribution in [0.25, 0.3) is 0 Å². The van der Waals surface area contributed by atoms with Gasteiger partial charge in [0.05, 0.1) is 0 Å². The summed E-state index contributed by atoms with van der Waals surface area (Å²) in [5.74, 6) is 0.367. The van der Waals surface area contributed by atoms with Crippen molar-refractivity contribution in [3.05, 3.63) is 29.8 Å². The molecule has 0 aliphatic heterocycles. The van der Waals surface area contributed by atoms with Crippen LogP contribution >= 0.6 is 0 Å². The van der Waals surface area contributed by atoms with E-state index in [1.54, 1.807) is 0 Å². The fourth-order valence-corrected chi connectivity index (χ4v) is 2.00. The second-order valence-corrected chi connectivity index (χ2v) is 4.64. The number of benzene rings is 1. The number of amides is 1. The quantitative estimate of drug-likeness (QED) is 0.820. The van der Waals surface area contributed by atoms with Crippen LogP contribution in [-0.4, -0.2) is 17.6 Å². The van der Waals surface area contributed by atoms with Gasteiger partial charge in [0.2, 0.25) is 5.91 Å². The molecule has 3 nitrogen and oxygen atoms in total. The predicted octanol–water partition coefficient (Wildman–Crippen LogP) is 2.35. The molecule has 1 aliphatic carbocycles. The number of hydrogen-bond acceptors (Lipinski definition) is 2. The number of anilines is 1. The average molecular weight is 233 g/mol. The second kappa shape index (κ2) is 5.82. The monoisotopic (exact) mass is 233 g/mol. The van der Waals surface area contributed by atoms with E-state index in [9.17, 15) is 4.79 Å². The molecule has 0 spiro atoms. The van der Waals surface area contributed by atoms with Crippen LogP contribution in [0, 0.1) is 5.92 Å². The van der Waals surface area contributed by atoms with Crippen LogP contribution in [0.3, 0.4) is 0 Å². The molecule has 1 fully saturated rings. The van der Waals surface area contributed by atoms with Gasteiger partial charge in [-0.3, -0.25) is 4.79 Å². The minimum absolute atomic E-state index is 0.149. The summed E-state index contributed by atoms with van der Waals surface area (Å²) in [4.78, 5) is 11.8. The molecule has 0 atom stereocenters. The third-order valence-electron chi connectivity index (χ3n) is 3.29.